The van der Waals surface area contributed by atoms with Crippen molar-refractivity contribution >= 4 is 24.2 Å². The van der Waals surface area contributed by atoms with Crippen LogP contribution in [0.15, 0.2) is 18.2 Å². The largest absolute Gasteiger partial charge is 0.326 e. The number of carbonyl (C=O) groups is 1. The van der Waals surface area contributed by atoms with E-state index in [2.05, 4.69) is 12.6 Å². The highest BCUT2D eigenvalue weighted by atomic mass is 32.1. The van der Waals surface area contributed by atoms with Crippen molar-refractivity contribution in [2.24, 2.45) is 11.7 Å². The van der Waals surface area contributed by atoms with Gasteiger partial charge in [0.15, 0.2) is 0 Å². The highest BCUT2D eigenvalue weighted by Crippen LogP contribution is 2.29. The normalized spacial score (nSPS) is 20.1. The minimum atomic E-state index is -0.355. The SMILES string of the molecule is NCc1c(F)cccc1N1CC(CS)CC1=O. The zero-order chi connectivity index (χ0) is 12.4. The number of carbonyl (C=O) groups excluding carboxylic acids is 1. The third-order valence-electron chi connectivity index (χ3n) is 3.05. The maximum Gasteiger partial charge on any atom is 0.227 e. The number of hydrogen-bond donors (Lipinski definition) is 2. The highest BCUT2D eigenvalue weighted by molar-refractivity contribution is 7.80. The highest BCUT2D eigenvalue weighted by Gasteiger charge is 2.31. The van der Waals surface area contributed by atoms with E-state index in [9.17, 15) is 9.18 Å². The molecule has 1 saturated heterocycles. The Morgan fingerprint density at radius 3 is 2.88 bits per heavy atom. The van der Waals surface area contributed by atoms with Gasteiger partial charge in [0.1, 0.15) is 5.82 Å². The van der Waals surface area contributed by atoms with E-state index in [-0.39, 0.29) is 24.2 Å². The van der Waals surface area contributed by atoms with E-state index in [1.807, 2.05) is 0 Å². The monoisotopic (exact) mass is 254 g/mol. The summed E-state index contributed by atoms with van der Waals surface area (Å²) in [6.07, 6.45) is 0.476. The van der Waals surface area contributed by atoms with Crippen molar-refractivity contribution < 1.29 is 9.18 Å². The number of benzene rings is 1. The van der Waals surface area contributed by atoms with E-state index in [0.29, 0.717) is 30.0 Å². The molecule has 1 heterocycles. The lowest BCUT2D eigenvalue weighted by Gasteiger charge is -2.20. The Bertz CT molecular complexity index is 439. The Balaban J connectivity index is 2.34. The van der Waals surface area contributed by atoms with Crippen LogP contribution in [0.3, 0.4) is 0 Å². The Kier molecular flexibility index (Phi) is 3.69. The lowest BCUT2D eigenvalue weighted by atomic mass is 10.1. The molecule has 1 atom stereocenters. The van der Waals surface area contributed by atoms with Crippen molar-refractivity contribution in [2.75, 3.05) is 17.2 Å². The van der Waals surface area contributed by atoms with Crippen molar-refractivity contribution in [2.45, 2.75) is 13.0 Å². The van der Waals surface area contributed by atoms with Crippen LogP contribution in [-0.4, -0.2) is 18.2 Å². The molecule has 17 heavy (non-hydrogen) atoms. The summed E-state index contributed by atoms with van der Waals surface area (Å²) in [5.41, 5.74) is 6.54. The molecular weight excluding hydrogens is 239 g/mol. The van der Waals surface area contributed by atoms with E-state index in [1.54, 1.807) is 17.0 Å². The van der Waals surface area contributed by atoms with Gasteiger partial charge in [-0.15, -0.1) is 0 Å². The molecule has 1 aliphatic rings. The smallest absolute Gasteiger partial charge is 0.227 e. The molecule has 2 rings (SSSR count). The van der Waals surface area contributed by atoms with E-state index >= 15 is 0 Å². The lowest BCUT2D eigenvalue weighted by Crippen LogP contribution is -2.26. The summed E-state index contributed by atoms with van der Waals surface area (Å²) in [6.45, 7) is 0.691. The van der Waals surface area contributed by atoms with Gasteiger partial charge in [-0.25, -0.2) is 4.39 Å². The Hall–Kier alpha value is -1.07. The fourth-order valence-electron chi connectivity index (χ4n) is 2.14. The number of rotatable bonds is 3. The maximum atomic E-state index is 13.6. The van der Waals surface area contributed by atoms with Crippen LogP contribution in [0, 0.1) is 11.7 Å². The molecule has 1 aliphatic heterocycles. The summed E-state index contributed by atoms with van der Waals surface area (Å²) in [5.74, 6) is 0.561. The van der Waals surface area contributed by atoms with Gasteiger partial charge >= 0.3 is 0 Å². The van der Waals surface area contributed by atoms with Crippen LogP contribution in [0.25, 0.3) is 0 Å². The Morgan fingerprint density at radius 2 is 2.29 bits per heavy atom. The number of amides is 1. The first-order valence-electron chi connectivity index (χ1n) is 5.56. The predicted octanol–water partition coefficient (Wildman–Crippen LogP) is 1.57. The molecule has 92 valence electrons. The summed E-state index contributed by atoms with van der Waals surface area (Å²) in [5, 5.41) is 0. The third kappa shape index (κ3) is 2.30. The van der Waals surface area contributed by atoms with Crippen LogP contribution in [0.2, 0.25) is 0 Å². The zero-order valence-corrected chi connectivity index (χ0v) is 10.3. The van der Waals surface area contributed by atoms with E-state index in [1.165, 1.54) is 6.07 Å². The van der Waals surface area contributed by atoms with Crippen LogP contribution in [-0.2, 0) is 11.3 Å². The van der Waals surface area contributed by atoms with E-state index < -0.39 is 0 Å². The van der Waals surface area contributed by atoms with Gasteiger partial charge in [0.25, 0.3) is 0 Å². The van der Waals surface area contributed by atoms with Crippen LogP contribution < -0.4 is 10.6 Å². The standard InChI is InChI=1S/C12H15FN2OS/c13-10-2-1-3-11(9(10)5-14)15-6-8(7-17)4-12(15)16/h1-3,8,17H,4-7,14H2. The second-order valence-corrected chi connectivity index (χ2v) is 4.56. The van der Waals surface area contributed by atoms with Crippen LogP contribution in [0.4, 0.5) is 10.1 Å². The summed E-state index contributed by atoms with van der Waals surface area (Å²) in [7, 11) is 0. The van der Waals surface area contributed by atoms with Gasteiger partial charge in [0.05, 0.1) is 5.69 Å². The number of anilines is 1. The minimum absolute atomic E-state index is 0.0179. The molecule has 0 aliphatic carbocycles. The molecule has 0 radical (unpaired) electrons. The number of nitrogens with zero attached hydrogens (tertiary/aromatic N) is 1. The molecule has 2 N–H and O–H groups in total. The van der Waals surface area contributed by atoms with Crippen molar-refractivity contribution in [1.82, 2.24) is 0 Å². The van der Waals surface area contributed by atoms with E-state index in [0.717, 1.165) is 0 Å². The van der Waals surface area contributed by atoms with Crippen molar-refractivity contribution in [3.63, 3.8) is 0 Å². The Labute approximate surface area is 105 Å². The summed E-state index contributed by atoms with van der Waals surface area (Å²) < 4.78 is 13.6. The summed E-state index contributed by atoms with van der Waals surface area (Å²) in [4.78, 5) is 13.5. The molecule has 1 aromatic rings. The first-order valence-corrected chi connectivity index (χ1v) is 6.19. The van der Waals surface area contributed by atoms with Crippen LogP contribution in [0.5, 0.6) is 0 Å². The molecule has 5 heteroatoms. The van der Waals surface area contributed by atoms with Crippen molar-refractivity contribution in [3.8, 4) is 0 Å². The van der Waals surface area contributed by atoms with Gasteiger partial charge in [-0.2, -0.15) is 12.6 Å². The number of thiol groups is 1. The molecule has 1 fully saturated rings. The molecule has 1 aromatic carbocycles. The van der Waals surface area contributed by atoms with Gasteiger partial charge in [-0.05, 0) is 23.8 Å². The first-order chi connectivity index (χ1) is 8.17. The molecule has 0 saturated carbocycles. The number of hydrogen-bond acceptors (Lipinski definition) is 3. The van der Waals surface area contributed by atoms with Gasteiger partial charge in [0, 0.05) is 25.1 Å². The number of nitrogens with two attached hydrogens (primary N) is 1. The quantitative estimate of drug-likeness (QED) is 0.804. The first kappa shape index (κ1) is 12.4. The molecule has 1 unspecified atom stereocenters. The van der Waals surface area contributed by atoms with Gasteiger partial charge in [-0.1, -0.05) is 6.07 Å². The second-order valence-electron chi connectivity index (χ2n) is 4.20. The van der Waals surface area contributed by atoms with Gasteiger partial charge in [0.2, 0.25) is 5.91 Å². The predicted molar refractivity (Wildman–Crippen MR) is 68.6 cm³/mol. The van der Waals surface area contributed by atoms with Gasteiger partial charge < -0.3 is 10.6 Å². The minimum Gasteiger partial charge on any atom is -0.326 e. The molecule has 3 nitrogen and oxygen atoms in total. The third-order valence-corrected chi connectivity index (χ3v) is 3.57. The second kappa shape index (κ2) is 5.06. The molecule has 0 spiro atoms. The van der Waals surface area contributed by atoms with Crippen LogP contribution in [0.1, 0.15) is 12.0 Å². The molecule has 1 amide bonds. The van der Waals surface area contributed by atoms with Crippen molar-refractivity contribution in [3.05, 3.63) is 29.6 Å². The summed E-state index contributed by atoms with van der Waals surface area (Å²) in [6, 6.07) is 4.71. The average molecular weight is 254 g/mol. The zero-order valence-electron chi connectivity index (χ0n) is 9.40. The topological polar surface area (TPSA) is 46.3 Å². The molecule has 0 aromatic heterocycles. The fourth-order valence-corrected chi connectivity index (χ4v) is 2.38. The van der Waals surface area contributed by atoms with Gasteiger partial charge in [-0.3, -0.25) is 4.79 Å². The fraction of sp³-hybridized carbons (Fsp3) is 0.417. The molecular formula is C12H15FN2OS. The van der Waals surface area contributed by atoms with E-state index in [4.69, 9.17) is 5.73 Å². The van der Waals surface area contributed by atoms with Crippen LogP contribution >= 0.6 is 12.6 Å². The molecule has 0 bridgehead atoms. The Morgan fingerprint density at radius 1 is 1.53 bits per heavy atom. The maximum absolute atomic E-state index is 13.6. The lowest BCUT2D eigenvalue weighted by molar-refractivity contribution is -0.117. The number of halogens is 1. The summed E-state index contributed by atoms with van der Waals surface area (Å²) >= 11 is 4.20. The average Bonchev–Trinajstić information content (AvgIpc) is 2.70. The van der Waals surface area contributed by atoms with Crippen molar-refractivity contribution in [1.29, 1.82) is 0 Å².